The van der Waals surface area contributed by atoms with Gasteiger partial charge in [0.25, 0.3) is 0 Å². The maximum atomic E-state index is 5.83. The number of nitrogens with zero attached hydrogens (tertiary/aromatic N) is 2. The fraction of sp³-hybridized carbons (Fsp3) is 0.610. The van der Waals surface area contributed by atoms with Crippen LogP contribution in [-0.4, -0.2) is 31.3 Å². The zero-order valence-electron chi connectivity index (χ0n) is 31.7. The van der Waals surface area contributed by atoms with Gasteiger partial charge in [-0.3, -0.25) is 0 Å². The van der Waals surface area contributed by atoms with Crippen molar-refractivity contribution in [2.45, 2.75) is 128 Å². The fourth-order valence-corrected chi connectivity index (χ4v) is 8.03. The second kappa shape index (κ2) is 15.7. The molecule has 4 rings (SSSR count). The summed E-state index contributed by atoms with van der Waals surface area (Å²) in [5, 5.41) is 0. The summed E-state index contributed by atoms with van der Waals surface area (Å²) in [6, 6.07) is 8.34. The van der Waals surface area contributed by atoms with Crippen LogP contribution in [0.15, 0.2) is 71.7 Å². The van der Waals surface area contributed by atoms with Gasteiger partial charge < -0.3 is 9.80 Å². The number of allylic oxidation sites excluding steroid dienone is 5. The number of ether oxygens (including phenoxy) is 1. The topological polar surface area (TPSA) is 19.3 Å². The van der Waals surface area contributed by atoms with Gasteiger partial charge in [-0.1, -0.05) is 101 Å². The average molecular weight is 773 g/mol. The molecule has 0 fully saturated rings. The third-order valence-corrected chi connectivity index (χ3v) is 11.4. The van der Waals surface area contributed by atoms with Crippen molar-refractivity contribution < 1.29 is 18.3 Å². The first kappa shape index (κ1) is 40.1. The van der Waals surface area contributed by atoms with Gasteiger partial charge in [-0.2, -0.15) is 6.67 Å². The van der Waals surface area contributed by atoms with Crippen molar-refractivity contribution in [3.05, 3.63) is 84.0 Å². The summed E-state index contributed by atoms with van der Waals surface area (Å²) in [5.41, 5.74) is 6.51. The summed E-state index contributed by atoms with van der Waals surface area (Å²) < 4.78 is 6.41. The minimum absolute atomic E-state index is 0.159. The maximum absolute atomic E-state index is 5.83. The van der Waals surface area contributed by atoms with E-state index >= 15 is 0 Å². The Hall–Kier alpha value is -1.35. The van der Waals surface area contributed by atoms with Gasteiger partial charge in [0.15, 0.2) is 0 Å². The van der Waals surface area contributed by atoms with Gasteiger partial charge in [0.05, 0.1) is 0 Å². The zero-order chi connectivity index (χ0) is 35.5. The standard InChI is InChI=1S/C31H51N2.C10H12O.2ClH.Ru/c1-28(2,3)22-15-23(29(4,5)6)18-26(17-22)32-13-14-33(21-32)27-19-24(30(7,8)9)16-25(20-27)31(10,11)12;1-8(2)11-10-7-5-4-6-9(10)3;;;/h13-15,17,19,21,23,25,27H,16,18,20H2,1-12H3;3-8H,1-2H3;2*1H;/q-1;;;;+2/p-1/t23-,25+,27-;;;;/m0..../s1. The number of aliphatic hydroxyl groups is 1. The zero-order valence-corrected chi connectivity index (χ0v) is 35.0. The van der Waals surface area contributed by atoms with E-state index < -0.39 is 13.5 Å². The van der Waals surface area contributed by atoms with Gasteiger partial charge in [-0.05, 0) is 82.5 Å². The van der Waals surface area contributed by atoms with Gasteiger partial charge in [0, 0.05) is 6.04 Å². The molecule has 6 heteroatoms. The summed E-state index contributed by atoms with van der Waals surface area (Å²) in [5.74, 6) is 2.23. The third kappa shape index (κ3) is 11.9. The first-order valence-corrected chi connectivity index (χ1v) is 22.8. The van der Waals surface area contributed by atoms with Gasteiger partial charge in [0.1, 0.15) is 0 Å². The number of hydrogen-bond donors (Lipinski definition) is 0. The quantitative estimate of drug-likeness (QED) is 0.128. The Morgan fingerprint density at radius 1 is 0.851 bits per heavy atom. The van der Waals surface area contributed by atoms with Gasteiger partial charge in [-0.15, -0.1) is 0 Å². The fourth-order valence-electron chi connectivity index (χ4n) is 6.21. The molecule has 0 aromatic heterocycles. The van der Waals surface area contributed by atoms with Crippen LogP contribution in [0.4, 0.5) is 0 Å². The number of para-hydroxylation sites is 1. The van der Waals surface area contributed by atoms with E-state index in [1.807, 2.05) is 42.7 Å². The molecule has 1 aromatic rings. The SMILES string of the molecule is CC(C)(C)C1=C[C@H](C(C)(C)C)CC(N2C=CN([C@H]3C=C(C(C)(C)C)C[C@@H](C(C)(C)C)C3)[CH-]2)=C1.CC(C)[OH+]c1ccccc1[CH]=[Ru]([Cl])[Cl]. The molecule has 0 saturated carbocycles. The Labute approximate surface area is 302 Å². The monoisotopic (exact) mass is 772 g/mol. The summed E-state index contributed by atoms with van der Waals surface area (Å²) in [6.45, 7) is 34.9. The predicted octanol–water partition coefficient (Wildman–Crippen LogP) is 12.3. The Kier molecular flexibility index (Phi) is 13.4. The van der Waals surface area contributed by atoms with Crippen molar-refractivity contribution in [2.24, 2.45) is 33.5 Å². The minimum atomic E-state index is -1.75. The number of halogens is 2. The molecule has 1 aliphatic heterocycles. The molecule has 47 heavy (non-hydrogen) atoms. The predicted molar refractivity (Wildman–Crippen MR) is 204 cm³/mol. The van der Waals surface area contributed by atoms with Crippen molar-refractivity contribution in [3.63, 3.8) is 0 Å². The van der Waals surface area contributed by atoms with Crippen LogP contribution >= 0.6 is 19.4 Å². The number of aromatic hydroxyl groups is 1. The Bertz CT molecular complexity index is 1370. The van der Waals surface area contributed by atoms with Crippen LogP contribution in [0.1, 0.15) is 122 Å². The van der Waals surface area contributed by atoms with E-state index in [1.54, 1.807) is 5.57 Å². The third-order valence-electron chi connectivity index (χ3n) is 9.58. The first-order valence-electron chi connectivity index (χ1n) is 17.3. The summed E-state index contributed by atoms with van der Waals surface area (Å²) in [6.07, 6.45) is 16.0. The molecular weight excluding hydrogens is 708 g/mol. The Morgan fingerprint density at radius 2 is 1.49 bits per heavy atom. The summed E-state index contributed by atoms with van der Waals surface area (Å²) in [7, 11) is 11.7. The van der Waals surface area contributed by atoms with Crippen LogP contribution in [-0.2, 0) is 13.5 Å². The van der Waals surface area contributed by atoms with Gasteiger partial charge >= 0.3 is 97.8 Å². The molecule has 0 spiro atoms. The summed E-state index contributed by atoms with van der Waals surface area (Å²) >= 11 is -1.75. The second-order valence-electron chi connectivity index (χ2n) is 18.1. The summed E-state index contributed by atoms with van der Waals surface area (Å²) in [4.78, 5) is 4.86. The van der Waals surface area contributed by atoms with E-state index in [2.05, 4.69) is 135 Å². The molecule has 2 aliphatic carbocycles. The van der Waals surface area contributed by atoms with Crippen LogP contribution in [0, 0.1) is 40.2 Å². The van der Waals surface area contributed by atoms with E-state index in [0.29, 0.717) is 23.3 Å². The molecule has 3 aliphatic rings. The molecule has 0 bridgehead atoms. The molecule has 3 nitrogen and oxygen atoms in total. The van der Waals surface area contributed by atoms with E-state index in [9.17, 15) is 0 Å². The van der Waals surface area contributed by atoms with Crippen molar-refractivity contribution >= 4 is 24.0 Å². The van der Waals surface area contributed by atoms with Crippen molar-refractivity contribution in [1.82, 2.24) is 9.80 Å². The molecular formula is C41H64Cl2N2ORu. The normalized spacial score (nSPS) is 22.7. The van der Waals surface area contributed by atoms with E-state index in [1.165, 1.54) is 24.1 Å². The van der Waals surface area contributed by atoms with Crippen LogP contribution in [0.2, 0.25) is 0 Å². The Balaban J connectivity index is 0.000000358. The molecule has 1 N–H and O–H groups in total. The molecule has 0 saturated heterocycles. The van der Waals surface area contributed by atoms with Gasteiger partial charge in [-0.25, -0.2) is 0 Å². The molecule has 0 amide bonds. The molecule has 1 heterocycles. The van der Waals surface area contributed by atoms with Gasteiger partial charge in [0.2, 0.25) is 0 Å². The van der Waals surface area contributed by atoms with E-state index in [-0.39, 0.29) is 22.3 Å². The number of benzene rings is 1. The van der Waals surface area contributed by atoms with Crippen molar-refractivity contribution in [3.8, 4) is 5.75 Å². The molecule has 0 radical (unpaired) electrons. The van der Waals surface area contributed by atoms with Crippen LogP contribution in [0.25, 0.3) is 0 Å². The number of rotatable bonds is 5. The average Bonchev–Trinajstić information content (AvgIpc) is 3.42. The van der Waals surface area contributed by atoms with E-state index in [4.69, 9.17) is 19.4 Å². The molecule has 0 unspecified atom stereocenters. The second-order valence-corrected chi connectivity index (χ2v) is 23.8. The molecule has 3 atom stereocenters. The van der Waals surface area contributed by atoms with E-state index in [0.717, 1.165) is 17.7 Å². The van der Waals surface area contributed by atoms with Crippen LogP contribution in [0.5, 0.6) is 5.75 Å². The first-order chi connectivity index (χ1) is 21.4. The number of hydrogen-bond acceptors (Lipinski definition) is 2. The molecule has 1 aromatic carbocycles. The van der Waals surface area contributed by atoms with Crippen molar-refractivity contribution in [2.75, 3.05) is 0 Å². The molecule has 266 valence electrons. The van der Waals surface area contributed by atoms with Crippen LogP contribution < -0.4 is 0 Å². The van der Waals surface area contributed by atoms with Crippen LogP contribution in [0.3, 0.4) is 0 Å². The Morgan fingerprint density at radius 3 is 2.02 bits per heavy atom. The van der Waals surface area contributed by atoms with Crippen molar-refractivity contribution in [1.29, 1.82) is 0 Å².